The van der Waals surface area contributed by atoms with Gasteiger partial charge in [-0.25, -0.2) is 4.98 Å². The molecule has 0 spiro atoms. The Morgan fingerprint density at radius 3 is 2.72 bits per heavy atom. The van der Waals surface area contributed by atoms with Gasteiger partial charge in [0, 0.05) is 24.1 Å². The number of esters is 1. The van der Waals surface area contributed by atoms with Crippen molar-refractivity contribution >= 4 is 5.97 Å². The molecule has 0 amide bonds. The van der Waals surface area contributed by atoms with E-state index in [1.807, 2.05) is 13.0 Å². The Kier molecular flexibility index (Phi) is 6.15. The van der Waals surface area contributed by atoms with E-state index in [0.29, 0.717) is 37.6 Å². The molecule has 0 saturated heterocycles. The molecular weight excluding hydrogens is 364 g/mol. The van der Waals surface area contributed by atoms with Gasteiger partial charge in [-0.2, -0.15) is 0 Å². The molecule has 0 fully saturated rings. The van der Waals surface area contributed by atoms with Crippen LogP contribution in [0.2, 0.25) is 0 Å². The molecule has 1 aromatic heterocycles. The molecule has 2 bridgehead atoms. The van der Waals surface area contributed by atoms with Crippen molar-refractivity contribution in [2.45, 2.75) is 58.9 Å². The zero-order valence-corrected chi connectivity index (χ0v) is 18.0. The van der Waals surface area contributed by atoms with Crippen molar-refractivity contribution in [3.63, 3.8) is 0 Å². The van der Waals surface area contributed by atoms with Gasteiger partial charge in [0.2, 0.25) is 5.88 Å². The van der Waals surface area contributed by atoms with Crippen LogP contribution in [0.25, 0.3) is 0 Å². The summed E-state index contributed by atoms with van der Waals surface area (Å²) in [7, 11) is 0. The Hall–Kier alpha value is -2.18. The van der Waals surface area contributed by atoms with Gasteiger partial charge in [-0.3, -0.25) is 4.79 Å². The number of allylic oxidation sites excluding steroid dienone is 2. The maximum atomic E-state index is 12.4. The maximum absolute atomic E-state index is 12.4. The van der Waals surface area contributed by atoms with Gasteiger partial charge < -0.3 is 21.9 Å². The summed E-state index contributed by atoms with van der Waals surface area (Å²) in [5, 5.41) is 0. The fraction of sp³-hybridized carbons (Fsp3) is 0.565. The van der Waals surface area contributed by atoms with E-state index in [9.17, 15) is 4.79 Å². The summed E-state index contributed by atoms with van der Waals surface area (Å²) < 4.78 is 5.55. The number of nitrogens with zero attached hydrogens (tertiary/aromatic N) is 1. The molecule has 2 aliphatic rings. The highest BCUT2D eigenvalue weighted by atomic mass is 16.5. The van der Waals surface area contributed by atoms with Gasteiger partial charge in [-0.05, 0) is 62.3 Å². The van der Waals surface area contributed by atoms with Gasteiger partial charge in [0.05, 0.1) is 17.7 Å². The summed E-state index contributed by atoms with van der Waals surface area (Å²) in [5.41, 5.74) is 23.2. The molecule has 158 valence electrons. The summed E-state index contributed by atoms with van der Waals surface area (Å²) >= 11 is 0. The van der Waals surface area contributed by atoms with Crippen molar-refractivity contribution in [3.8, 4) is 5.88 Å². The normalized spacial score (nSPS) is 25.9. The van der Waals surface area contributed by atoms with Crippen LogP contribution in [-0.2, 0) is 16.8 Å². The lowest BCUT2D eigenvalue weighted by Gasteiger charge is -2.45. The average molecular weight is 399 g/mol. The van der Waals surface area contributed by atoms with Gasteiger partial charge in [0.25, 0.3) is 0 Å². The topological polar surface area (TPSA) is 117 Å². The second kappa shape index (κ2) is 8.28. The van der Waals surface area contributed by atoms with E-state index >= 15 is 0 Å². The Labute approximate surface area is 173 Å². The molecule has 1 aromatic rings. The van der Waals surface area contributed by atoms with Gasteiger partial charge in [-0.1, -0.05) is 25.5 Å². The number of nitrogens with two attached hydrogens (primary N) is 3. The number of carbonyl (C=O) groups is 1. The average Bonchev–Trinajstić information content (AvgIpc) is 2.58. The molecule has 0 saturated carbocycles. The van der Waals surface area contributed by atoms with Crippen LogP contribution in [0.5, 0.6) is 5.88 Å². The van der Waals surface area contributed by atoms with E-state index in [-0.39, 0.29) is 17.8 Å². The third-order valence-corrected chi connectivity index (χ3v) is 5.97. The second-order valence-electron chi connectivity index (χ2n) is 9.12. The highest BCUT2D eigenvalue weighted by Crippen LogP contribution is 2.49. The largest absolute Gasteiger partial charge is 0.407 e. The Morgan fingerprint density at radius 2 is 2.10 bits per heavy atom. The number of rotatable bonds is 6. The van der Waals surface area contributed by atoms with Gasteiger partial charge in [-0.15, -0.1) is 0 Å². The molecule has 29 heavy (non-hydrogen) atoms. The van der Waals surface area contributed by atoms with Crippen molar-refractivity contribution in [2.75, 3.05) is 6.54 Å². The molecule has 6 nitrogen and oxygen atoms in total. The third kappa shape index (κ3) is 4.38. The van der Waals surface area contributed by atoms with Crippen LogP contribution in [0.15, 0.2) is 35.1 Å². The molecule has 2 aliphatic carbocycles. The minimum atomic E-state index is -0.645. The number of carbonyl (C=O) groups excluding carboxylic acids is 1. The third-order valence-electron chi connectivity index (χ3n) is 5.97. The van der Waals surface area contributed by atoms with Crippen molar-refractivity contribution < 1.29 is 9.53 Å². The number of hydrogen-bond acceptors (Lipinski definition) is 6. The summed E-state index contributed by atoms with van der Waals surface area (Å²) in [6.45, 7) is 8.75. The molecule has 1 heterocycles. The van der Waals surface area contributed by atoms with Crippen molar-refractivity contribution in [2.24, 2.45) is 35.0 Å². The Balaban J connectivity index is 1.83. The molecule has 3 rings (SSSR count). The monoisotopic (exact) mass is 398 g/mol. The molecule has 3 atom stereocenters. The number of pyridine rings is 1. The van der Waals surface area contributed by atoms with Crippen molar-refractivity contribution in [3.05, 3.63) is 46.3 Å². The fourth-order valence-electron chi connectivity index (χ4n) is 5.03. The fourth-order valence-corrected chi connectivity index (χ4v) is 5.03. The van der Waals surface area contributed by atoms with E-state index in [1.165, 1.54) is 5.57 Å². The molecule has 0 unspecified atom stereocenters. The van der Waals surface area contributed by atoms with Crippen molar-refractivity contribution in [1.82, 2.24) is 4.98 Å². The van der Waals surface area contributed by atoms with E-state index in [2.05, 4.69) is 31.8 Å². The molecule has 6 N–H and O–H groups in total. The lowest BCUT2D eigenvalue weighted by atomic mass is 9.63. The maximum Gasteiger partial charge on any atom is 0.312 e. The quantitative estimate of drug-likeness (QED) is 0.501. The first kappa shape index (κ1) is 21.5. The standard InChI is InChI=1S/C23H34N4O2/c1-13(2)7-16(12-24)9-21(28)29-20-6-5-18-19(27-20)10-17-8-14(3)11-23(18,26)22(17)15(4)25/h5-6,8,13,16-17H,7,9-12,24-26H2,1-4H3/b22-15-/t16-,17+,23+/m0/s1. The molecule has 0 aliphatic heterocycles. The van der Waals surface area contributed by atoms with Crippen LogP contribution in [-0.4, -0.2) is 17.5 Å². The number of ether oxygens (including phenoxy) is 1. The Bertz CT molecular complexity index is 854. The summed E-state index contributed by atoms with van der Waals surface area (Å²) in [6.07, 6.45) is 4.87. The van der Waals surface area contributed by atoms with E-state index in [1.54, 1.807) is 6.07 Å². The minimum absolute atomic E-state index is 0.125. The minimum Gasteiger partial charge on any atom is -0.407 e. The number of fused-ring (bicyclic) bond motifs is 4. The van der Waals surface area contributed by atoms with Crippen LogP contribution < -0.4 is 21.9 Å². The van der Waals surface area contributed by atoms with Gasteiger partial charge in [0.1, 0.15) is 0 Å². The van der Waals surface area contributed by atoms with E-state index < -0.39 is 5.54 Å². The zero-order chi connectivity index (χ0) is 21.3. The molecule has 0 radical (unpaired) electrons. The van der Waals surface area contributed by atoms with Crippen LogP contribution in [0, 0.1) is 17.8 Å². The summed E-state index contributed by atoms with van der Waals surface area (Å²) in [5.74, 6) is 0.787. The lowest BCUT2D eigenvalue weighted by Crippen LogP contribution is -2.49. The summed E-state index contributed by atoms with van der Waals surface area (Å²) in [6, 6.07) is 3.68. The first-order chi connectivity index (χ1) is 13.6. The molecule has 6 heteroatoms. The van der Waals surface area contributed by atoms with E-state index in [0.717, 1.165) is 28.9 Å². The predicted molar refractivity (Wildman–Crippen MR) is 115 cm³/mol. The molecule has 0 aromatic carbocycles. The first-order valence-corrected chi connectivity index (χ1v) is 10.5. The lowest BCUT2D eigenvalue weighted by molar-refractivity contribution is -0.135. The zero-order valence-electron chi connectivity index (χ0n) is 18.0. The van der Waals surface area contributed by atoms with E-state index in [4.69, 9.17) is 21.9 Å². The SMILES string of the molecule is CC1=C[C@@H]2Cc3nc(OC(=O)C[C@@H](CN)CC(C)C)ccc3[C@](N)(C1)/C2=C(/C)N. The highest BCUT2D eigenvalue weighted by molar-refractivity contribution is 5.72. The Morgan fingerprint density at radius 1 is 1.38 bits per heavy atom. The van der Waals surface area contributed by atoms with Crippen molar-refractivity contribution in [1.29, 1.82) is 0 Å². The summed E-state index contributed by atoms with van der Waals surface area (Å²) in [4.78, 5) is 17.0. The number of aromatic nitrogens is 1. The van der Waals surface area contributed by atoms with Gasteiger partial charge >= 0.3 is 5.97 Å². The van der Waals surface area contributed by atoms with Crippen LogP contribution >= 0.6 is 0 Å². The number of hydrogen-bond donors (Lipinski definition) is 3. The highest BCUT2D eigenvalue weighted by Gasteiger charge is 2.45. The smallest absolute Gasteiger partial charge is 0.312 e. The van der Waals surface area contributed by atoms with Crippen LogP contribution in [0.1, 0.15) is 58.2 Å². The molecular formula is C23H34N4O2. The first-order valence-electron chi connectivity index (χ1n) is 10.5. The van der Waals surface area contributed by atoms with Gasteiger partial charge in [0.15, 0.2) is 0 Å². The van der Waals surface area contributed by atoms with Crippen LogP contribution in [0.4, 0.5) is 0 Å². The predicted octanol–water partition coefficient (Wildman–Crippen LogP) is 2.91. The second-order valence-corrected chi connectivity index (χ2v) is 9.12. The van der Waals surface area contributed by atoms with Crippen LogP contribution in [0.3, 0.4) is 0 Å².